The lowest BCUT2D eigenvalue weighted by Crippen LogP contribution is -2.29. The minimum Gasteiger partial charge on any atom is -0.310 e. The van der Waals surface area contributed by atoms with Gasteiger partial charge in [0.1, 0.15) is 0 Å². The van der Waals surface area contributed by atoms with Crippen LogP contribution in [0.25, 0.3) is 55.6 Å². The Hall–Kier alpha value is -11.3. The third-order valence-corrected chi connectivity index (χ3v) is 18.4. The zero-order chi connectivity index (χ0) is 58.4. The summed E-state index contributed by atoms with van der Waals surface area (Å²) in [6.45, 7) is 0. The molecule has 0 atom stereocenters. The van der Waals surface area contributed by atoms with E-state index in [9.17, 15) is 0 Å². The number of hydrogen-bond donors (Lipinski definition) is 0. The fourth-order valence-corrected chi connectivity index (χ4v) is 14.7. The lowest BCUT2D eigenvalue weighted by molar-refractivity contribution is 0.767. The molecule has 14 aromatic rings. The molecule has 0 aliphatic heterocycles. The number of benzene rings is 14. The number of nitrogens with zero attached hydrogens (tertiary/aromatic N) is 2. The third kappa shape index (κ3) is 8.48. The molecule has 0 saturated carbocycles. The molecule has 88 heavy (non-hydrogen) atoms. The van der Waals surface area contributed by atoms with Gasteiger partial charge in [-0.05, 0) is 155 Å². The van der Waals surface area contributed by atoms with E-state index in [0.717, 1.165) is 50.8 Å². The van der Waals surface area contributed by atoms with Crippen LogP contribution in [0.4, 0.5) is 34.1 Å². The first kappa shape index (κ1) is 52.3. The molecule has 2 heteroatoms. The highest BCUT2D eigenvalue weighted by Gasteiger charge is 2.49. The Morgan fingerprint density at radius 3 is 1.10 bits per heavy atom. The number of hydrogen-bond acceptors (Lipinski definition) is 2. The van der Waals surface area contributed by atoms with E-state index < -0.39 is 10.8 Å². The summed E-state index contributed by atoms with van der Waals surface area (Å²) in [6, 6.07) is 135. The Labute approximate surface area is 515 Å². The van der Waals surface area contributed by atoms with Crippen LogP contribution in [0.2, 0.25) is 0 Å². The van der Waals surface area contributed by atoms with Gasteiger partial charge >= 0.3 is 0 Å². The lowest BCUT2D eigenvalue weighted by atomic mass is 9.67. The number of fused-ring (bicyclic) bond motifs is 6. The summed E-state index contributed by atoms with van der Waals surface area (Å²) in [5.41, 5.74) is 26.9. The maximum Gasteiger partial charge on any atom is 0.0714 e. The SMILES string of the molecule is c1ccc(-c2ccc(N(c3cccc(N(c4cccc(C5(c6ccccc6)c6ccccc6-c6ccccc65)c4)c4cccc5c4-c4ccccc4C5(c4ccccc4)c4ccccc4)c3)c3ccc(-c4ccccc4)c(-c4ccccc4)c3)cc2)cc1. The smallest absolute Gasteiger partial charge is 0.0714 e. The van der Waals surface area contributed by atoms with Crippen LogP contribution in [0.3, 0.4) is 0 Å². The summed E-state index contributed by atoms with van der Waals surface area (Å²) in [5.74, 6) is 0. The molecule has 0 saturated heterocycles. The minimum atomic E-state index is -0.621. The first-order valence-corrected chi connectivity index (χ1v) is 30.5. The van der Waals surface area contributed by atoms with Crippen molar-refractivity contribution in [2.45, 2.75) is 10.8 Å². The van der Waals surface area contributed by atoms with Crippen molar-refractivity contribution in [1.29, 1.82) is 0 Å². The quantitative estimate of drug-likeness (QED) is 0.114. The van der Waals surface area contributed by atoms with Gasteiger partial charge in [0.05, 0.1) is 16.5 Å². The summed E-state index contributed by atoms with van der Waals surface area (Å²) in [6.07, 6.45) is 0. The molecule has 414 valence electrons. The Balaban J connectivity index is 0.962. The molecule has 16 rings (SSSR count). The molecule has 2 nitrogen and oxygen atoms in total. The van der Waals surface area contributed by atoms with Gasteiger partial charge in [-0.3, -0.25) is 0 Å². The molecule has 0 N–H and O–H groups in total. The van der Waals surface area contributed by atoms with E-state index in [0.29, 0.717) is 0 Å². The van der Waals surface area contributed by atoms with Crippen LogP contribution in [0.5, 0.6) is 0 Å². The number of rotatable bonds is 13. The summed E-state index contributed by atoms with van der Waals surface area (Å²) < 4.78 is 0. The molecular weight excluding hydrogens is 1060 g/mol. The predicted molar refractivity (Wildman–Crippen MR) is 367 cm³/mol. The molecule has 0 heterocycles. The van der Waals surface area contributed by atoms with E-state index in [2.05, 4.69) is 374 Å². The maximum absolute atomic E-state index is 2.55. The van der Waals surface area contributed by atoms with Crippen molar-refractivity contribution in [2.24, 2.45) is 0 Å². The van der Waals surface area contributed by atoms with E-state index in [4.69, 9.17) is 0 Å². The average molecular weight is 1120 g/mol. The van der Waals surface area contributed by atoms with Crippen molar-refractivity contribution in [2.75, 3.05) is 9.80 Å². The van der Waals surface area contributed by atoms with Gasteiger partial charge in [-0.2, -0.15) is 0 Å². The highest BCUT2D eigenvalue weighted by atomic mass is 15.2. The van der Waals surface area contributed by atoms with Crippen LogP contribution in [-0.4, -0.2) is 0 Å². The molecule has 0 bridgehead atoms. The van der Waals surface area contributed by atoms with Crippen LogP contribution >= 0.6 is 0 Å². The van der Waals surface area contributed by atoms with E-state index >= 15 is 0 Å². The van der Waals surface area contributed by atoms with Crippen LogP contribution in [0.15, 0.2) is 364 Å². The maximum atomic E-state index is 2.55. The fraction of sp³-hybridized carbons (Fsp3) is 0.0233. The molecule has 0 unspecified atom stereocenters. The standard InChI is InChI=1S/C86H60N2/c1-7-28-61(29-8-1)62-52-54-69(55-53-62)87(73-56-57-74(63-30-9-2-10-31-63)78(60-73)64-32-11-3-12-33-64)71-42-26-43-72(59-71)88(70-41-25-40-68(58-70)86(67-38-17-6-18-39-67)79-47-22-19-44-75(79)76-45-20-23-48-80(76)86)83-51-27-50-82-84(83)77-46-21-24-49-81(77)85(82,65-34-13-4-14-35-65)66-36-15-5-16-37-66/h1-60H. The van der Waals surface area contributed by atoms with Crippen molar-refractivity contribution in [1.82, 2.24) is 0 Å². The molecule has 0 radical (unpaired) electrons. The van der Waals surface area contributed by atoms with Crippen molar-refractivity contribution in [3.05, 3.63) is 408 Å². The van der Waals surface area contributed by atoms with Crippen molar-refractivity contribution < 1.29 is 0 Å². The second kappa shape index (κ2) is 21.9. The molecular formula is C86H60N2. The molecule has 14 aromatic carbocycles. The molecule has 0 aromatic heterocycles. The van der Waals surface area contributed by atoms with E-state index in [1.54, 1.807) is 0 Å². The van der Waals surface area contributed by atoms with Gasteiger partial charge in [-0.1, -0.05) is 303 Å². The van der Waals surface area contributed by atoms with E-state index in [1.807, 2.05) is 0 Å². The van der Waals surface area contributed by atoms with Gasteiger partial charge in [0.2, 0.25) is 0 Å². The van der Waals surface area contributed by atoms with Crippen LogP contribution in [0.1, 0.15) is 44.5 Å². The largest absolute Gasteiger partial charge is 0.310 e. The second-order valence-electron chi connectivity index (χ2n) is 23.1. The van der Waals surface area contributed by atoms with Crippen molar-refractivity contribution in [3.63, 3.8) is 0 Å². The third-order valence-electron chi connectivity index (χ3n) is 18.4. The summed E-state index contributed by atoms with van der Waals surface area (Å²) in [4.78, 5) is 4.98. The normalized spacial score (nSPS) is 13.0. The molecule has 2 aliphatic rings. The van der Waals surface area contributed by atoms with Gasteiger partial charge < -0.3 is 9.80 Å². The van der Waals surface area contributed by atoms with Gasteiger partial charge in [-0.15, -0.1) is 0 Å². The molecule has 0 spiro atoms. The Morgan fingerprint density at radius 2 is 0.545 bits per heavy atom. The zero-order valence-electron chi connectivity index (χ0n) is 48.5. The minimum absolute atomic E-state index is 0.612. The Kier molecular flexibility index (Phi) is 13.0. The van der Waals surface area contributed by atoms with Crippen LogP contribution < -0.4 is 9.80 Å². The summed E-state index contributed by atoms with van der Waals surface area (Å²) >= 11 is 0. The van der Waals surface area contributed by atoms with Gasteiger partial charge in [0, 0.05) is 34.0 Å². The van der Waals surface area contributed by atoms with E-state index in [-0.39, 0.29) is 0 Å². The van der Waals surface area contributed by atoms with Gasteiger partial charge in [-0.25, -0.2) is 0 Å². The molecule has 0 fully saturated rings. The van der Waals surface area contributed by atoms with Crippen molar-refractivity contribution >= 4 is 34.1 Å². The van der Waals surface area contributed by atoms with E-state index in [1.165, 1.54) is 83.5 Å². The highest BCUT2D eigenvalue weighted by molar-refractivity contribution is 5.99. The van der Waals surface area contributed by atoms with Gasteiger partial charge in [0.25, 0.3) is 0 Å². The monoisotopic (exact) mass is 1120 g/mol. The average Bonchev–Trinajstić information content (AvgIpc) is 1.56. The first-order chi connectivity index (χ1) is 43.7. The topological polar surface area (TPSA) is 6.48 Å². The Morgan fingerprint density at radius 1 is 0.182 bits per heavy atom. The summed E-state index contributed by atoms with van der Waals surface area (Å²) in [7, 11) is 0. The predicted octanol–water partition coefficient (Wildman–Crippen LogP) is 22.4. The summed E-state index contributed by atoms with van der Waals surface area (Å²) in [5, 5.41) is 0. The fourth-order valence-electron chi connectivity index (χ4n) is 14.7. The van der Waals surface area contributed by atoms with Crippen LogP contribution in [-0.2, 0) is 10.8 Å². The Bertz CT molecular complexity index is 4740. The number of anilines is 6. The lowest BCUT2D eigenvalue weighted by Gasteiger charge is -2.36. The highest BCUT2D eigenvalue weighted by Crippen LogP contribution is 2.61. The first-order valence-electron chi connectivity index (χ1n) is 30.5. The van der Waals surface area contributed by atoms with Crippen molar-refractivity contribution in [3.8, 4) is 55.6 Å². The molecule has 0 amide bonds. The molecule has 2 aliphatic carbocycles. The van der Waals surface area contributed by atoms with Gasteiger partial charge in [0.15, 0.2) is 0 Å². The van der Waals surface area contributed by atoms with Crippen LogP contribution in [0, 0.1) is 0 Å². The zero-order valence-corrected chi connectivity index (χ0v) is 48.5. The second-order valence-corrected chi connectivity index (χ2v) is 23.1.